The number of nitrogens with one attached hydrogen (secondary N) is 2. The monoisotopic (exact) mass is 282 g/mol. The fourth-order valence-electron chi connectivity index (χ4n) is 2.39. The summed E-state index contributed by atoms with van der Waals surface area (Å²) >= 11 is 0. The van der Waals surface area contributed by atoms with E-state index in [-0.39, 0.29) is 11.9 Å². The molecule has 5 heteroatoms. The van der Waals surface area contributed by atoms with Crippen LogP contribution in [0.4, 0.5) is 0 Å². The Morgan fingerprint density at radius 3 is 2.81 bits per heavy atom. The average Bonchev–Trinajstić information content (AvgIpc) is 2.78. The van der Waals surface area contributed by atoms with Gasteiger partial charge in [0.05, 0.1) is 5.52 Å². The maximum Gasteiger partial charge on any atom is 0.256 e. The summed E-state index contributed by atoms with van der Waals surface area (Å²) < 4.78 is 0. The number of nitrogens with zero attached hydrogens (tertiary/aromatic N) is 2. The van der Waals surface area contributed by atoms with E-state index in [1.165, 1.54) is 0 Å². The SMILES string of the molecule is Cc1ccc2cc(C3N=C(NC(C)C)NC3=O)ccc2n1. The van der Waals surface area contributed by atoms with Crippen LogP contribution in [0.5, 0.6) is 0 Å². The van der Waals surface area contributed by atoms with Crippen molar-refractivity contribution in [1.82, 2.24) is 15.6 Å². The van der Waals surface area contributed by atoms with Crippen LogP contribution in [0.2, 0.25) is 0 Å². The number of aromatic nitrogens is 1. The summed E-state index contributed by atoms with van der Waals surface area (Å²) in [6.07, 6.45) is 0. The van der Waals surface area contributed by atoms with E-state index in [9.17, 15) is 4.79 Å². The number of pyridine rings is 1. The first-order valence-electron chi connectivity index (χ1n) is 7.05. The molecule has 0 saturated heterocycles. The van der Waals surface area contributed by atoms with Crippen molar-refractivity contribution in [2.24, 2.45) is 4.99 Å². The van der Waals surface area contributed by atoms with Crippen LogP contribution in [-0.4, -0.2) is 22.9 Å². The topological polar surface area (TPSA) is 66.4 Å². The number of rotatable bonds is 2. The maximum absolute atomic E-state index is 12.1. The lowest BCUT2D eigenvalue weighted by Crippen LogP contribution is -2.40. The van der Waals surface area contributed by atoms with E-state index >= 15 is 0 Å². The summed E-state index contributed by atoms with van der Waals surface area (Å²) in [5.74, 6) is 0.444. The molecule has 1 aliphatic heterocycles. The van der Waals surface area contributed by atoms with Gasteiger partial charge in [-0.1, -0.05) is 12.1 Å². The predicted molar refractivity (Wildman–Crippen MR) is 83.1 cm³/mol. The Labute approximate surface area is 123 Å². The number of carbonyl (C=O) groups excluding carboxylic acids is 1. The number of guanidine groups is 1. The molecule has 2 heterocycles. The number of benzene rings is 1. The zero-order valence-corrected chi connectivity index (χ0v) is 12.3. The lowest BCUT2D eigenvalue weighted by Gasteiger charge is -2.07. The van der Waals surface area contributed by atoms with Crippen molar-refractivity contribution in [3.05, 3.63) is 41.6 Å². The van der Waals surface area contributed by atoms with Gasteiger partial charge in [-0.3, -0.25) is 15.1 Å². The molecule has 0 radical (unpaired) electrons. The van der Waals surface area contributed by atoms with Gasteiger partial charge in [0.2, 0.25) is 0 Å². The van der Waals surface area contributed by atoms with E-state index < -0.39 is 6.04 Å². The Bertz CT molecular complexity index is 736. The van der Waals surface area contributed by atoms with E-state index in [0.717, 1.165) is 22.2 Å². The zero-order valence-electron chi connectivity index (χ0n) is 12.3. The number of fused-ring (bicyclic) bond motifs is 1. The summed E-state index contributed by atoms with van der Waals surface area (Å²) in [6, 6.07) is 9.56. The highest BCUT2D eigenvalue weighted by Gasteiger charge is 2.28. The first-order chi connectivity index (χ1) is 10.0. The van der Waals surface area contributed by atoms with Crippen LogP contribution in [0.25, 0.3) is 10.9 Å². The van der Waals surface area contributed by atoms with Gasteiger partial charge in [-0.25, -0.2) is 4.99 Å². The smallest absolute Gasteiger partial charge is 0.256 e. The molecule has 21 heavy (non-hydrogen) atoms. The minimum Gasteiger partial charge on any atom is -0.354 e. The Balaban J connectivity index is 1.94. The van der Waals surface area contributed by atoms with Crippen molar-refractivity contribution in [2.45, 2.75) is 32.9 Å². The second-order valence-corrected chi connectivity index (χ2v) is 5.57. The van der Waals surface area contributed by atoms with Crippen molar-refractivity contribution in [3.8, 4) is 0 Å². The van der Waals surface area contributed by atoms with Gasteiger partial charge < -0.3 is 5.32 Å². The normalized spacial score (nSPS) is 18.0. The van der Waals surface area contributed by atoms with E-state index in [1.54, 1.807) is 0 Å². The van der Waals surface area contributed by atoms with Crippen molar-refractivity contribution >= 4 is 22.8 Å². The van der Waals surface area contributed by atoms with Crippen LogP contribution < -0.4 is 10.6 Å². The quantitative estimate of drug-likeness (QED) is 0.886. The van der Waals surface area contributed by atoms with Crippen LogP contribution in [0.15, 0.2) is 35.3 Å². The second kappa shape index (κ2) is 5.16. The molecule has 2 N–H and O–H groups in total. The standard InChI is InChI=1S/C16H18N4O/c1-9(2)17-16-19-14(15(21)20-16)12-6-7-13-11(8-12)5-4-10(3)18-13/h4-9,14H,1-3H3,(H2,17,19,20,21). The first-order valence-corrected chi connectivity index (χ1v) is 7.05. The molecular weight excluding hydrogens is 264 g/mol. The molecule has 1 atom stereocenters. The fraction of sp³-hybridized carbons (Fsp3) is 0.312. The molecule has 1 amide bonds. The summed E-state index contributed by atoms with van der Waals surface area (Å²) in [5.41, 5.74) is 2.79. The van der Waals surface area contributed by atoms with Crippen molar-refractivity contribution in [2.75, 3.05) is 0 Å². The lowest BCUT2D eigenvalue weighted by molar-refractivity contribution is -0.120. The van der Waals surface area contributed by atoms with Gasteiger partial charge in [0, 0.05) is 17.1 Å². The van der Waals surface area contributed by atoms with Crippen LogP contribution >= 0.6 is 0 Å². The zero-order chi connectivity index (χ0) is 15.0. The van der Waals surface area contributed by atoms with Crippen LogP contribution in [0, 0.1) is 6.92 Å². The van der Waals surface area contributed by atoms with Crippen molar-refractivity contribution in [3.63, 3.8) is 0 Å². The molecule has 0 aliphatic carbocycles. The highest BCUT2D eigenvalue weighted by molar-refractivity contribution is 6.05. The van der Waals surface area contributed by atoms with Crippen molar-refractivity contribution < 1.29 is 4.79 Å². The van der Waals surface area contributed by atoms with Gasteiger partial charge in [0.15, 0.2) is 12.0 Å². The Morgan fingerprint density at radius 2 is 2.05 bits per heavy atom. The van der Waals surface area contributed by atoms with Gasteiger partial charge in [-0.15, -0.1) is 0 Å². The summed E-state index contributed by atoms with van der Waals surface area (Å²) in [7, 11) is 0. The molecule has 0 bridgehead atoms. The molecule has 0 spiro atoms. The third-order valence-electron chi connectivity index (χ3n) is 3.34. The van der Waals surface area contributed by atoms with Gasteiger partial charge in [-0.2, -0.15) is 0 Å². The molecule has 108 valence electrons. The summed E-state index contributed by atoms with van der Waals surface area (Å²) in [4.78, 5) is 21.0. The first kappa shape index (κ1) is 13.5. The molecule has 0 saturated carbocycles. The average molecular weight is 282 g/mol. The van der Waals surface area contributed by atoms with Crippen LogP contribution in [-0.2, 0) is 4.79 Å². The van der Waals surface area contributed by atoms with E-state index in [0.29, 0.717) is 5.96 Å². The van der Waals surface area contributed by atoms with Crippen LogP contribution in [0.3, 0.4) is 0 Å². The van der Waals surface area contributed by atoms with Gasteiger partial charge >= 0.3 is 0 Å². The molecule has 1 aromatic carbocycles. The van der Waals surface area contributed by atoms with Gasteiger partial charge in [-0.05, 0) is 44.5 Å². The fourth-order valence-corrected chi connectivity index (χ4v) is 2.39. The molecule has 5 nitrogen and oxygen atoms in total. The van der Waals surface area contributed by atoms with Gasteiger partial charge in [0.1, 0.15) is 0 Å². The molecule has 3 rings (SSSR count). The molecule has 2 aromatic rings. The minimum absolute atomic E-state index is 0.0995. The number of aliphatic imine (C=N–C) groups is 1. The molecule has 1 unspecified atom stereocenters. The predicted octanol–water partition coefficient (Wildman–Crippen LogP) is 2.07. The molecule has 1 aliphatic rings. The number of amides is 1. The van der Waals surface area contributed by atoms with Crippen molar-refractivity contribution in [1.29, 1.82) is 0 Å². The summed E-state index contributed by atoms with van der Waals surface area (Å²) in [6.45, 7) is 5.98. The lowest BCUT2D eigenvalue weighted by atomic mass is 10.0. The van der Waals surface area contributed by atoms with E-state index in [4.69, 9.17) is 0 Å². The highest BCUT2D eigenvalue weighted by Crippen LogP contribution is 2.24. The Hall–Kier alpha value is -2.43. The third kappa shape index (κ3) is 2.72. The Kier molecular flexibility index (Phi) is 3.33. The largest absolute Gasteiger partial charge is 0.354 e. The molecular formula is C16H18N4O. The van der Waals surface area contributed by atoms with Gasteiger partial charge in [0.25, 0.3) is 5.91 Å². The second-order valence-electron chi connectivity index (χ2n) is 5.57. The van der Waals surface area contributed by atoms with E-state index in [2.05, 4.69) is 20.6 Å². The van der Waals surface area contributed by atoms with E-state index in [1.807, 2.05) is 51.1 Å². The number of aryl methyl sites for hydroxylation is 1. The highest BCUT2D eigenvalue weighted by atomic mass is 16.2. The molecule has 1 aromatic heterocycles. The summed E-state index contributed by atoms with van der Waals surface area (Å²) in [5, 5.41) is 6.92. The van der Waals surface area contributed by atoms with Crippen LogP contribution in [0.1, 0.15) is 31.1 Å². The molecule has 0 fully saturated rings. The minimum atomic E-state index is -0.489. The maximum atomic E-state index is 12.1. The number of hydrogen-bond donors (Lipinski definition) is 2. The number of carbonyl (C=O) groups is 1. The third-order valence-corrected chi connectivity index (χ3v) is 3.34. The Morgan fingerprint density at radius 1 is 1.24 bits per heavy atom. The number of hydrogen-bond acceptors (Lipinski definition) is 4.